The number of halogens is 2. The van der Waals surface area contributed by atoms with E-state index in [1.165, 1.54) is 12.1 Å². The predicted molar refractivity (Wildman–Crippen MR) is 112 cm³/mol. The van der Waals surface area contributed by atoms with Crippen molar-refractivity contribution < 1.29 is 4.39 Å². The SMILES string of the molecule is CN(C)CCCNc1nc(Nc2ccc(F)c(Cl)c2)cc(-c2ccncc2)n1. The molecule has 2 heterocycles. The minimum absolute atomic E-state index is 0.0513. The smallest absolute Gasteiger partial charge is 0.225 e. The number of benzene rings is 1. The lowest BCUT2D eigenvalue weighted by atomic mass is 10.2. The quantitative estimate of drug-likeness (QED) is 0.545. The van der Waals surface area contributed by atoms with Crippen LogP contribution in [0.3, 0.4) is 0 Å². The molecule has 8 heteroatoms. The Hall–Kier alpha value is -2.77. The summed E-state index contributed by atoms with van der Waals surface area (Å²) in [6.07, 6.45) is 4.40. The molecule has 0 bridgehead atoms. The third kappa shape index (κ3) is 5.61. The van der Waals surface area contributed by atoms with Gasteiger partial charge in [0, 0.05) is 36.3 Å². The summed E-state index contributed by atoms with van der Waals surface area (Å²) in [6.45, 7) is 1.72. The highest BCUT2D eigenvalue weighted by atomic mass is 35.5. The second-order valence-corrected chi connectivity index (χ2v) is 6.94. The molecule has 0 amide bonds. The second kappa shape index (κ2) is 9.43. The van der Waals surface area contributed by atoms with Gasteiger partial charge in [0.1, 0.15) is 11.6 Å². The minimum atomic E-state index is -0.462. The summed E-state index contributed by atoms with van der Waals surface area (Å²) >= 11 is 5.88. The van der Waals surface area contributed by atoms with Crippen molar-refractivity contribution in [2.75, 3.05) is 37.8 Å². The summed E-state index contributed by atoms with van der Waals surface area (Å²) in [4.78, 5) is 15.3. The molecule has 146 valence electrons. The lowest BCUT2D eigenvalue weighted by Gasteiger charge is -2.13. The van der Waals surface area contributed by atoms with Crippen LogP contribution in [0.2, 0.25) is 5.02 Å². The fraction of sp³-hybridized carbons (Fsp3) is 0.250. The normalized spacial score (nSPS) is 10.9. The van der Waals surface area contributed by atoms with Gasteiger partial charge in [0.25, 0.3) is 0 Å². The summed E-state index contributed by atoms with van der Waals surface area (Å²) in [5.41, 5.74) is 2.32. The molecule has 0 saturated carbocycles. The van der Waals surface area contributed by atoms with Gasteiger partial charge in [0.05, 0.1) is 10.7 Å². The molecule has 6 nitrogen and oxygen atoms in total. The second-order valence-electron chi connectivity index (χ2n) is 6.54. The average molecular weight is 401 g/mol. The number of hydrogen-bond acceptors (Lipinski definition) is 6. The van der Waals surface area contributed by atoms with Crippen LogP contribution in [-0.4, -0.2) is 47.0 Å². The van der Waals surface area contributed by atoms with E-state index in [-0.39, 0.29) is 5.02 Å². The van der Waals surface area contributed by atoms with Crippen LogP contribution in [0.5, 0.6) is 0 Å². The van der Waals surface area contributed by atoms with Crippen LogP contribution < -0.4 is 10.6 Å². The topological polar surface area (TPSA) is 66.0 Å². The van der Waals surface area contributed by atoms with Gasteiger partial charge < -0.3 is 15.5 Å². The van der Waals surface area contributed by atoms with Crippen LogP contribution in [-0.2, 0) is 0 Å². The van der Waals surface area contributed by atoms with E-state index in [1.807, 2.05) is 32.3 Å². The molecule has 0 aliphatic rings. The van der Waals surface area contributed by atoms with Gasteiger partial charge >= 0.3 is 0 Å². The van der Waals surface area contributed by atoms with E-state index < -0.39 is 5.82 Å². The third-order valence-electron chi connectivity index (χ3n) is 3.96. The first-order valence-electron chi connectivity index (χ1n) is 8.91. The van der Waals surface area contributed by atoms with E-state index in [9.17, 15) is 4.39 Å². The molecule has 0 aliphatic heterocycles. The lowest BCUT2D eigenvalue weighted by molar-refractivity contribution is 0.405. The van der Waals surface area contributed by atoms with Crippen LogP contribution in [0, 0.1) is 5.82 Å². The summed E-state index contributed by atoms with van der Waals surface area (Å²) in [5.74, 6) is 0.638. The van der Waals surface area contributed by atoms with Crippen LogP contribution >= 0.6 is 11.6 Å². The highest BCUT2D eigenvalue weighted by Gasteiger charge is 2.08. The van der Waals surface area contributed by atoms with Crippen molar-refractivity contribution in [1.82, 2.24) is 19.9 Å². The van der Waals surface area contributed by atoms with Gasteiger partial charge in [-0.25, -0.2) is 9.37 Å². The van der Waals surface area contributed by atoms with Crippen molar-refractivity contribution in [3.63, 3.8) is 0 Å². The van der Waals surface area contributed by atoms with E-state index >= 15 is 0 Å². The third-order valence-corrected chi connectivity index (χ3v) is 4.25. The van der Waals surface area contributed by atoms with Crippen molar-refractivity contribution in [3.05, 3.63) is 59.6 Å². The predicted octanol–water partition coefficient (Wildman–Crippen LogP) is 4.44. The zero-order chi connectivity index (χ0) is 19.9. The molecular weight excluding hydrogens is 379 g/mol. The van der Waals surface area contributed by atoms with Gasteiger partial charge in [-0.2, -0.15) is 4.98 Å². The molecule has 2 aromatic heterocycles. The largest absolute Gasteiger partial charge is 0.354 e. The maximum absolute atomic E-state index is 13.4. The molecule has 0 radical (unpaired) electrons. The highest BCUT2D eigenvalue weighted by molar-refractivity contribution is 6.31. The molecule has 0 saturated heterocycles. The molecule has 0 fully saturated rings. The van der Waals surface area contributed by atoms with E-state index in [1.54, 1.807) is 18.5 Å². The fourth-order valence-electron chi connectivity index (χ4n) is 2.58. The van der Waals surface area contributed by atoms with Gasteiger partial charge in [0.15, 0.2) is 0 Å². The lowest BCUT2D eigenvalue weighted by Crippen LogP contribution is -2.17. The molecule has 3 aromatic rings. The molecule has 0 spiro atoms. The average Bonchev–Trinajstić information content (AvgIpc) is 2.68. The number of rotatable bonds is 8. The Labute approximate surface area is 168 Å². The monoisotopic (exact) mass is 400 g/mol. The van der Waals surface area contributed by atoms with E-state index in [0.29, 0.717) is 17.5 Å². The molecule has 28 heavy (non-hydrogen) atoms. The number of nitrogens with one attached hydrogen (secondary N) is 2. The Morgan fingerprint density at radius 2 is 1.86 bits per heavy atom. The number of hydrogen-bond donors (Lipinski definition) is 2. The molecule has 1 aromatic carbocycles. The van der Waals surface area contributed by atoms with Gasteiger partial charge in [-0.3, -0.25) is 4.98 Å². The van der Waals surface area contributed by atoms with Crippen LogP contribution in [0.25, 0.3) is 11.3 Å². The standard InChI is InChI=1S/C20H22ClFN6/c1-28(2)11-3-8-24-20-26-18(14-6-9-23-10-7-14)13-19(27-20)25-15-4-5-17(22)16(21)12-15/h4-7,9-10,12-13H,3,8,11H2,1-2H3,(H2,24,25,26,27). The van der Waals surface area contributed by atoms with E-state index in [2.05, 4.69) is 30.5 Å². The van der Waals surface area contributed by atoms with Crippen molar-refractivity contribution in [2.24, 2.45) is 0 Å². The molecule has 0 aliphatic carbocycles. The zero-order valence-electron chi connectivity index (χ0n) is 15.8. The first-order chi connectivity index (χ1) is 13.5. The van der Waals surface area contributed by atoms with Gasteiger partial charge in [-0.15, -0.1) is 0 Å². The Bertz CT molecular complexity index is 920. The fourth-order valence-corrected chi connectivity index (χ4v) is 2.76. The number of pyridine rings is 1. The minimum Gasteiger partial charge on any atom is -0.354 e. The van der Waals surface area contributed by atoms with Crippen molar-refractivity contribution in [3.8, 4) is 11.3 Å². The first-order valence-corrected chi connectivity index (χ1v) is 9.29. The Balaban J connectivity index is 1.85. The summed E-state index contributed by atoms with van der Waals surface area (Å²) in [7, 11) is 4.08. The van der Waals surface area contributed by atoms with Gasteiger partial charge in [-0.05, 0) is 57.4 Å². The summed E-state index contributed by atoms with van der Waals surface area (Å²) in [6, 6.07) is 10.1. The van der Waals surface area contributed by atoms with Crippen LogP contribution in [0.15, 0.2) is 48.8 Å². The first kappa shape index (κ1) is 20.0. The molecular formula is C20H22ClFN6. The number of nitrogens with zero attached hydrogens (tertiary/aromatic N) is 4. The van der Waals surface area contributed by atoms with Crippen molar-refractivity contribution in [1.29, 1.82) is 0 Å². The summed E-state index contributed by atoms with van der Waals surface area (Å²) in [5, 5.41) is 6.48. The number of aromatic nitrogens is 3. The molecule has 2 N–H and O–H groups in total. The van der Waals surface area contributed by atoms with Crippen molar-refractivity contribution >= 4 is 29.1 Å². The highest BCUT2D eigenvalue weighted by Crippen LogP contribution is 2.25. The van der Waals surface area contributed by atoms with Crippen molar-refractivity contribution in [2.45, 2.75) is 6.42 Å². The van der Waals surface area contributed by atoms with Crippen LogP contribution in [0.1, 0.15) is 6.42 Å². The summed E-state index contributed by atoms with van der Waals surface area (Å²) < 4.78 is 13.4. The Kier molecular flexibility index (Phi) is 6.73. The van der Waals surface area contributed by atoms with E-state index in [4.69, 9.17) is 11.6 Å². The molecule has 0 atom stereocenters. The Morgan fingerprint density at radius 3 is 2.57 bits per heavy atom. The maximum atomic E-state index is 13.4. The molecule has 3 rings (SSSR count). The molecule has 0 unspecified atom stereocenters. The Morgan fingerprint density at radius 1 is 1.07 bits per heavy atom. The van der Waals surface area contributed by atoms with Gasteiger partial charge in [0.2, 0.25) is 5.95 Å². The number of anilines is 3. The van der Waals surface area contributed by atoms with Crippen LogP contribution in [0.4, 0.5) is 21.8 Å². The van der Waals surface area contributed by atoms with Gasteiger partial charge in [-0.1, -0.05) is 11.6 Å². The zero-order valence-corrected chi connectivity index (χ0v) is 16.5. The van der Waals surface area contributed by atoms with E-state index in [0.717, 1.165) is 30.8 Å². The maximum Gasteiger partial charge on any atom is 0.225 e.